The highest BCUT2D eigenvalue weighted by Gasteiger charge is 2.16. The molecule has 0 radical (unpaired) electrons. The fourth-order valence-electron chi connectivity index (χ4n) is 3.54. The molecule has 0 aliphatic heterocycles. The number of alkyl carbamates (subject to hydrolysis) is 1. The lowest BCUT2D eigenvalue weighted by molar-refractivity contribution is 0.0522. The summed E-state index contributed by atoms with van der Waals surface area (Å²) in [7, 11) is 1.34. The second-order valence-electron chi connectivity index (χ2n) is 9.24. The van der Waals surface area contributed by atoms with E-state index in [2.05, 4.69) is 10.2 Å². The molecule has 0 aliphatic carbocycles. The Kier molecular flexibility index (Phi) is 8.82. The summed E-state index contributed by atoms with van der Waals surface area (Å²) in [6.07, 6.45) is -0.465. The molecule has 0 aromatic heterocycles. The summed E-state index contributed by atoms with van der Waals surface area (Å²) in [6.45, 7) is 13.7. The molecule has 36 heavy (non-hydrogen) atoms. The first-order valence-corrected chi connectivity index (χ1v) is 11.5. The van der Waals surface area contributed by atoms with E-state index >= 15 is 0 Å². The van der Waals surface area contributed by atoms with Gasteiger partial charge < -0.3 is 19.5 Å². The summed E-state index contributed by atoms with van der Waals surface area (Å²) in [5.41, 5.74) is 4.71. The maximum atomic E-state index is 12.2. The third kappa shape index (κ3) is 7.97. The van der Waals surface area contributed by atoms with E-state index in [-0.39, 0.29) is 6.61 Å². The molecule has 0 bridgehead atoms. The molecule has 0 saturated carbocycles. The smallest absolute Gasteiger partial charge is 0.407 e. The van der Waals surface area contributed by atoms with Crippen molar-refractivity contribution in [2.75, 3.05) is 7.11 Å². The first kappa shape index (κ1) is 26.5. The van der Waals surface area contributed by atoms with Gasteiger partial charge >= 0.3 is 12.1 Å². The minimum absolute atomic E-state index is 0.279. The lowest BCUT2D eigenvalue weighted by Gasteiger charge is -2.19. The van der Waals surface area contributed by atoms with Crippen LogP contribution in [0, 0.1) is 6.57 Å². The van der Waals surface area contributed by atoms with E-state index in [1.165, 1.54) is 7.11 Å². The number of nitrogens with one attached hydrogen (secondary N) is 1. The minimum atomic E-state index is -0.551. The average Bonchev–Trinajstić information content (AvgIpc) is 2.86. The Bertz CT molecular complexity index is 1270. The van der Waals surface area contributed by atoms with Crippen LogP contribution in [0.3, 0.4) is 0 Å². The minimum Gasteiger partial charge on any atom is -0.465 e. The Balaban J connectivity index is 1.67. The van der Waals surface area contributed by atoms with Crippen molar-refractivity contribution in [3.8, 4) is 11.1 Å². The van der Waals surface area contributed by atoms with Gasteiger partial charge in [0, 0.05) is 6.54 Å². The zero-order valence-electron chi connectivity index (χ0n) is 21.0. The van der Waals surface area contributed by atoms with Gasteiger partial charge in [0.15, 0.2) is 5.69 Å². The first-order valence-electron chi connectivity index (χ1n) is 11.5. The number of nitrogens with zero attached hydrogens (tertiary/aromatic N) is 1. The van der Waals surface area contributed by atoms with Gasteiger partial charge in [-0.25, -0.2) is 14.4 Å². The Morgan fingerprint density at radius 3 is 2.33 bits per heavy atom. The second-order valence-corrected chi connectivity index (χ2v) is 9.24. The van der Waals surface area contributed by atoms with Crippen LogP contribution in [-0.2, 0) is 34.0 Å². The molecule has 0 saturated heterocycles. The van der Waals surface area contributed by atoms with Crippen LogP contribution in [0.25, 0.3) is 16.0 Å². The molecule has 0 fully saturated rings. The maximum absolute atomic E-state index is 12.2. The molecular formula is C29H30N2O5. The van der Waals surface area contributed by atoms with Crippen molar-refractivity contribution in [3.63, 3.8) is 0 Å². The largest absolute Gasteiger partial charge is 0.465 e. The molecule has 3 rings (SSSR count). The number of benzene rings is 3. The molecule has 7 nitrogen and oxygen atoms in total. The van der Waals surface area contributed by atoms with Crippen LogP contribution in [0.4, 0.5) is 10.5 Å². The van der Waals surface area contributed by atoms with Crippen molar-refractivity contribution in [2.45, 2.75) is 46.1 Å². The van der Waals surface area contributed by atoms with Gasteiger partial charge in [0.05, 0.1) is 32.5 Å². The predicted octanol–water partition coefficient (Wildman–Crippen LogP) is 6.43. The van der Waals surface area contributed by atoms with E-state index in [0.717, 1.165) is 27.8 Å². The molecule has 0 heterocycles. The van der Waals surface area contributed by atoms with Gasteiger partial charge in [0.1, 0.15) is 5.60 Å². The van der Waals surface area contributed by atoms with Crippen LogP contribution in [-0.4, -0.2) is 24.8 Å². The van der Waals surface area contributed by atoms with Gasteiger partial charge in [0.25, 0.3) is 0 Å². The van der Waals surface area contributed by atoms with E-state index in [1.54, 1.807) is 24.3 Å². The third-order valence-electron chi connectivity index (χ3n) is 5.09. The molecule has 7 heteroatoms. The Morgan fingerprint density at radius 1 is 0.889 bits per heavy atom. The number of carbonyl (C=O) groups excluding carboxylic acids is 2. The van der Waals surface area contributed by atoms with Gasteiger partial charge in [-0.2, -0.15) is 0 Å². The summed E-state index contributed by atoms with van der Waals surface area (Å²) in [6, 6.07) is 20.4. The zero-order valence-corrected chi connectivity index (χ0v) is 21.0. The number of methoxy groups -OCH3 is 1. The van der Waals surface area contributed by atoms with Crippen LogP contribution in [0.2, 0.25) is 0 Å². The summed E-state index contributed by atoms with van der Waals surface area (Å²) < 4.78 is 16.1. The van der Waals surface area contributed by atoms with Crippen molar-refractivity contribution < 1.29 is 23.8 Å². The Morgan fingerprint density at radius 2 is 1.61 bits per heavy atom. The normalized spacial score (nSPS) is 10.9. The van der Waals surface area contributed by atoms with E-state index in [4.69, 9.17) is 20.8 Å². The summed E-state index contributed by atoms with van der Waals surface area (Å²) in [5.74, 6) is -0.440. The van der Waals surface area contributed by atoms with E-state index < -0.39 is 17.7 Å². The van der Waals surface area contributed by atoms with Gasteiger partial charge in [-0.15, -0.1) is 0 Å². The molecule has 1 N–H and O–H groups in total. The summed E-state index contributed by atoms with van der Waals surface area (Å²) in [5, 5.41) is 2.75. The van der Waals surface area contributed by atoms with Gasteiger partial charge in [-0.3, -0.25) is 0 Å². The topological polar surface area (TPSA) is 78.2 Å². The summed E-state index contributed by atoms with van der Waals surface area (Å²) in [4.78, 5) is 27.6. The predicted molar refractivity (Wildman–Crippen MR) is 137 cm³/mol. The number of amides is 1. The monoisotopic (exact) mass is 486 g/mol. The molecule has 0 aliphatic rings. The number of ether oxygens (including phenoxy) is 3. The SMILES string of the molecule is [C-]#[N+]c1cccc(-c2cc(COCc3cccc(CNC(=O)OC(C)(C)C)c3)cc(C(=O)OC)c2)c1. The molecule has 0 unspecified atom stereocenters. The van der Waals surface area contributed by atoms with Crippen LogP contribution >= 0.6 is 0 Å². The number of rotatable bonds is 8. The molecule has 186 valence electrons. The fourth-order valence-corrected chi connectivity index (χ4v) is 3.54. The van der Waals surface area contributed by atoms with Gasteiger partial charge in [-0.1, -0.05) is 42.5 Å². The van der Waals surface area contributed by atoms with Crippen molar-refractivity contribution in [2.24, 2.45) is 0 Å². The average molecular weight is 487 g/mol. The van der Waals surface area contributed by atoms with Crippen LogP contribution in [0.1, 0.15) is 47.8 Å². The molecule has 3 aromatic carbocycles. The number of carbonyl (C=O) groups is 2. The van der Waals surface area contributed by atoms with E-state index in [1.807, 2.05) is 63.2 Å². The van der Waals surface area contributed by atoms with Crippen molar-refractivity contribution in [1.82, 2.24) is 5.32 Å². The van der Waals surface area contributed by atoms with Crippen molar-refractivity contribution in [1.29, 1.82) is 0 Å². The fraction of sp³-hybridized carbons (Fsp3) is 0.276. The zero-order chi connectivity index (χ0) is 26.1. The van der Waals surface area contributed by atoms with Gasteiger partial charge in [0.2, 0.25) is 0 Å². The van der Waals surface area contributed by atoms with E-state index in [9.17, 15) is 9.59 Å². The maximum Gasteiger partial charge on any atom is 0.407 e. The molecule has 0 spiro atoms. The van der Waals surface area contributed by atoms with Crippen LogP contribution < -0.4 is 5.32 Å². The highest BCUT2D eigenvalue weighted by atomic mass is 16.6. The van der Waals surface area contributed by atoms with Gasteiger partial charge in [-0.05, 0) is 72.9 Å². The second kappa shape index (κ2) is 12.0. The summed E-state index contributed by atoms with van der Waals surface area (Å²) >= 11 is 0. The first-order chi connectivity index (χ1) is 17.2. The highest BCUT2D eigenvalue weighted by Crippen LogP contribution is 2.27. The van der Waals surface area contributed by atoms with Crippen molar-refractivity contribution >= 4 is 17.7 Å². The Labute approximate surface area is 211 Å². The standard InChI is InChI=1S/C29H30N2O5/c1-29(2,3)36-28(33)31-17-20-8-6-9-21(12-20)18-35-19-22-13-24(15-25(14-22)27(32)34-5)23-10-7-11-26(16-23)30-4/h6-16H,17-19H2,1-3,5H3,(H,31,33). The lowest BCUT2D eigenvalue weighted by Crippen LogP contribution is -2.32. The van der Waals surface area contributed by atoms with E-state index in [0.29, 0.717) is 24.4 Å². The highest BCUT2D eigenvalue weighted by molar-refractivity contribution is 5.91. The quantitative estimate of drug-likeness (QED) is 0.293. The molecular weight excluding hydrogens is 456 g/mol. The molecule has 1 amide bonds. The molecule has 0 atom stereocenters. The third-order valence-corrected chi connectivity index (χ3v) is 5.09. The number of hydrogen-bond acceptors (Lipinski definition) is 5. The Hall–Kier alpha value is -4.15. The van der Waals surface area contributed by atoms with Crippen LogP contribution in [0.15, 0.2) is 66.7 Å². The van der Waals surface area contributed by atoms with Crippen molar-refractivity contribution in [3.05, 3.63) is 100 Å². The molecule has 3 aromatic rings. The lowest BCUT2D eigenvalue weighted by atomic mass is 9.99. The number of hydrogen-bond donors (Lipinski definition) is 1. The number of esters is 1. The van der Waals surface area contributed by atoms with Crippen LogP contribution in [0.5, 0.6) is 0 Å².